The second-order valence-corrected chi connectivity index (χ2v) is 5.10. The molecule has 0 bridgehead atoms. The summed E-state index contributed by atoms with van der Waals surface area (Å²) < 4.78 is 5.68. The average molecular weight is 282 g/mol. The van der Waals surface area contributed by atoms with Gasteiger partial charge in [0.15, 0.2) is 0 Å². The minimum absolute atomic E-state index is 0.0681. The molecular formula is C17H18N2O2. The van der Waals surface area contributed by atoms with Gasteiger partial charge in [0.05, 0.1) is 6.54 Å². The van der Waals surface area contributed by atoms with Crippen LogP contribution in [0.15, 0.2) is 54.6 Å². The highest BCUT2D eigenvalue weighted by atomic mass is 16.5. The van der Waals surface area contributed by atoms with Gasteiger partial charge < -0.3 is 15.4 Å². The van der Waals surface area contributed by atoms with Crippen LogP contribution in [0.1, 0.15) is 17.2 Å². The van der Waals surface area contributed by atoms with Crippen molar-refractivity contribution in [3.8, 4) is 5.75 Å². The van der Waals surface area contributed by atoms with Crippen molar-refractivity contribution in [1.82, 2.24) is 4.90 Å². The number of nitrogens with two attached hydrogens (primary N) is 1. The summed E-state index contributed by atoms with van der Waals surface area (Å²) in [6, 6.07) is 16.6. The number of hydrogen-bond donors (Lipinski definition) is 1. The third kappa shape index (κ3) is 2.90. The van der Waals surface area contributed by atoms with Gasteiger partial charge >= 0.3 is 0 Å². The van der Waals surface area contributed by atoms with E-state index < -0.39 is 6.04 Å². The van der Waals surface area contributed by atoms with Gasteiger partial charge in [0.1, 0.15) is 18.4 Å². The Morgan fingerprint density at radius 2 is 1.81 bits per heavy atom. The molecule has 1 aliphatic rings. The molecule has 1 atom stereocenters. The Morgan fingerprint density at radius 3 is 2.62 bits per heavy atom. The van der Waals surface area contributed by atoms with Crippen LogP contribution >= 0.6 is 0 Å². The number of para-hydroxylation sites is 1. The largest absolute Gasteiger partial charge is 0.491 e. The van der Waals surface area contributed by atoms with E-state index >= 15 is 0 Å². The second kappa shape index (κ2) is 5.97. The van der Waals surface area contributed by atoms with E-state index in [1.165, 1.54) is 0 Å². The zero-order valence-electron chi connectivity index (χ0n) is 11.7. The molecule has 0 aromatic heterocycles. The van der Waals surface area contributed by atoms with Gasteiger partial charge in [-0.05, 0) is 11.6 Å². The van der Waals surface area contributed by atoms with Crippen molar-refractivity contribution in [2.45, 2.75) is 12.6 Å². The minimum atomic E-state index is -0.628. The van der Waals surface area contributed by atoms with Crippen LogP contribution in [-0.4, -0.2) is 24.0 Å². The fraction of sp³-hybridized carbons (Fsp3) is 0.235. The fourth-order valence-electron chi connectivity index (χ4n) is 2.51. The molecule has 3 rings (SSSR count). The first-order chi connectivity index (χ1) is 10.3. The van der Waals surface area contributed by atoms with Crippen LogP contribution in [0.25, 0.3) is 0 Å². The van der Waals surface area contributed by atoms with Gasteiger partial charge in [0.2, 0.25) is 5.91 Å². The molecule has 1 unspecified atom stereocenters. The third-order valence-electron chi connectivity index (χ3n) is 3.69. The number of amides is 1. The van der Waals surface area contributed by atoms with E-state index in [0.29, 0.717) is 19.7 Å². The summed E-state index contributed by atoms with van der Waals surface area (Å²) in [6.07, 6.45) is 0. The zero-order valence-corrected chi connectivity index (χ0v) is 11.7. The Kier molecular flexibility index (Phi) is 3.88. The van der Waals surface area contributed by atoms with Gasteiger partial charge in [-0.25, -0.2) is 0 Å². The third-order valence-corrected chi connectivity index (χ3v) is 3.69. The van der Waals surface area contributed by atoms with Crippen molar-refractivity contribution >= 4 is 5.91 Å². The molecular weight excluding hydrogens is 264 g/mol. The molecule has 2 aromatic rings. The van der Waals surface area contributed by atoms with Crippen molar-refractivity contribution in [1.29, 1.82) is 0 Å². The van der Waals surface area contributed by atoms with Crippen LogP contribution in [0.4, 0.5) is 0 Å². The molecule has 1 aliphatic heterocycles. The zero-order chi connectivity index (χ0) is 14.7. The SMILES string of the molecule is NC(C(=O)N1CCOc2ccccc2C1)c1ccccc1. The fourth-order valence-corrected chi connectivity index (χ4v) is 2.51. The number of rotatable bonds is 2. The maximum Gasteiger partial charge on any atom is 0.244 e. The number of ether oxygens (including phenoxy) is 1. The summed E-state index contributed by atoms with van der Waals surface area (Å²) in [7, 11) is 0. The second-order valence-electron chi connectivity index (χ2n) is 5.10. The van der Waals surface area contributed by atoms with Crippen LogP contribution in [-0.2, 0) is 11.3 Å². The number of benzene rings is 2. The lowest BCUT2D eigenvalue weighted by molar-refractivity contribution is -0.133. The van der Waals surface area contributed by atoms with Crippen LogP contribution in [0.3, 0.4) is 0 Å². The molecule has 4 nitrogen and oxygen atoms in total. The first-order valence-corrected chi connectivity index (χ1v) is 7.06. The van der Waals surface area contributed by atoms with Gasteiger partial charge in [0, 0.05) is 12.1 Å². The molecule has 21 heavy (non-hydrogen) atoms. The number of carbonyl (C=O) groups is 1. The lowest BCUT2D eigenvalue weighted by Crippen LogP contribution is -2.39. The van der Waals surface area contributed by atoms with Crippen molar-refractivity contribution in [3.63, 3.8) is 0 Å². The van der Waals surface area contributed by atoms with Crippen LogP contribution in [0, 0.1) is 0 Å². The molecule has 0 saturated heterocycles. The first-order valence-electron chi connectivity index (χ1n) is 7.06. The van der Waals surface area contributed by atoms with Crippen LogP contribution in [0.5, 0.6) is 5.75 Å². The Morgan fingerprint density at radius 1 is 1.10 bits per heavy atom. The minimum Gasteiger partial charge on any atom is -0.491 e. The lowest BCUT2D eigenvalue weighted by atomic mass is 10.1. The topological polar surface area (TPSA) is 55.6 Å². The van der Waals surface area contributed by atoms with E-state index in [0.717, 1.165) is 16.9 Å². The maximum atomic E-state index is 12.6. The number of carbonyl (C=O) groups excluding carboxylic acids is 1. The predicted molar refractivity (Wildman–Crippen MR) is 80.7 cm³/mol. The maximum absolute atomic E-state index is 12.6. The highest BCUT2D eigenvalue weighted by Crippen LogP contribution is 2.24. The summed E-state index contributed by atoms with van der Waals surface area (Å²) >= 11 is 0. The van der Waals surface area contributed by atoms with E-state index in [2.05, 4.69) is 0 Å². The molecule has 0 radical (unpaired) electrons. The molecule has 0 saturated carbocycles. The number of hydrogen-bond acceptors (Lipinski definition) is 3. The predicted octanol–water partition coefficient (Wildman–Crippen LogP) is 2.11. The van der Waals surface area contributed by atoms with Crippen molar-refractivity contribution in [2.24, 2.45) is 5.73 Å². The quantitative estimate of drug-likeness (QED) is 0.918. The van der Waals surface area contributed by atoms with E-state index in [1.807, 2.05) is 54.6 Å². The Hall–Kier alpha value is -2.33. The summed E-state index contributed by atoms with van der Waals surface area (Å²) in [5, 5.41) is 0. The standard InChI is InChI=1S/C17H18N2O2/c18-16(13-6-2-1-3-7-13)17(20)19-10-11-21-15-9-5-4-8-14(15)12-19/h1-9,16H,10-12,18H2. The van der Waals surface area contributed by atoms with Gasteiger partial charge in [-0.3, -0.25) is 4.79 Å². The van der Waals surface area contributed by atoms with Crippen molar-refractivity contribution < 1.29 is 9.53 Å². The highest BCUT2D eigenvalue weighted by molar-refractivity contribution is 5.83. The van der Waals surface area contributed by atoms with Crippen molar-refractivity contribution in [2.75, 3.05) is 13.2 Å². The Bertz CT molecular complexity index is 628. The molecule has 0 spiro atoms. The van der Waals surface area contributed by atoms with Crippen LogP contribution in [0.2, 0.25) is 0 Å². The molecule has 0 fully saturated rings. The van der Waals surface area contributed by atoms with Crippen molar-refractivity contribution in [3.05, 3.63) is 65.7 Å². The van der Waals surface area contributed by atoms with Crippen LogP contribution < -0.4 is 10.5 Å². The van der Waals surface area contributed by atoms with E-state index in [-0.39, 0.29) is 5.91 Å². The summed E-state index contributed by atoms with van der Waals surface area (Å²) in [5.41, 5.74) is 7.96. The van der Waals surface area contributed by atoms with Gasteiger partial charge in [-0.15, -0.1) is 0 Å². The summed E-state index contributed by atoms with van der Waals surface area (Å²) in [6.45, 7) is 1.58. The molecule has 108 valence electrons. The first kappa shape index (κ1) is 13.6. The van der Waals surface area contributed by atoms with Gasteiger partial charge in [-0.2, -0.15) is 0 Å². The Balaban J connectivity index is 1.79. The molecule has 4 heteroatoms. The highest BCUT2D eigenvalue weighted by Gasteiger charge is 2.25. The molecule has 1 amide bonds. The molecule has 0 aliphatic carbocycles. The number of fused-ring (bicyclic) bond motifs is 1. The number of nitrogens with zero attached hydrogens (tertiary/aromatic N) is 1. The molecule has 2 N–H and O–H groups in total. The van der Waals surface area contributed by atoms with E-state index in [1.54, 1.807) is 4.90 Å². The van der Waals surface area contributed by atoms with E-state index in [4.69, 9.17) is 10.5 Å². The smallest absolute Gasteiger partial charge is 0.244 e. The lowest BCUT2D eigenvalue weighted by Gasteiger charge is -2.23. The molecule has 2 aromatic carbocycles. The average Bonchev–Trinajstić information content (AvgIpc) is 2.76. The summed E-state index contributed by atoms with van der Waals surface area (Å²) in [5.74, 6) is 0.780. The van der Waals surface area contributed by atoms with Gasteiger partial charge in [0.25, 0.3) is 0 Å². The Labute approximate surface area is 124 Å². The molecule has 1 heterocycles. The van der Waals surface area contributed by atoms with Gasteiger partial charge in [-0.1, -0.05) is 48.5 Å². The normalized spacial score (nSPS) is 15.6. The monoisotopic (exact) mass is 282 g/mol. The summed E-state index contributed by atoms with van der Waals surface area (Å²) in [4.78, 5) is 14.4. The van der Waals surface area contributed by atoms with E-state index in [9.17, 15) is 4.79 Å².